The van der Waals surface area contributed by atoms with Gasteiger partial charge in [0.25, 0.3) is 0 Å². The number of aryl methyl sites for hydroxylation is 1. The molecule has 0 aliphatic rings. The van der Waals surface area contributed by atoms with Gasteiger partial charge in [-0.2, -0.15) is 0 Å². The molecule has 0 saturated heterocycles. The third kappa shape index (κ3) is 3.29. The zero-order valence-corrected chi connectivity index (χ0v) is 12.0. The molecule has 112 valence electrons. The Balaban J connectivity index is 2.30. The maximum absolute atomic E-state index is 13.9. The van der Waals surface area contributed by atoms with Gasteiger partial charge >= 0.3 is 0 Å². The van der Waals surface area contributed by atoms with Crippen molar-refractivity contribution < 1.29 is 17.9 Å². The third-order valence-electron chi connectivity index (χ3n) is 3.28. The van der Waals surface area contributed by atoms with Crippen molar-refractivity contribution in [1.82, 2.24) is 0 Å². The predicted octanol–water partition coefficient (Wildman–Crippen LogP) is 4.59. The molecule has 1 N–H and O–H groups in total. The molecule has 2 nitrogen and oxygen atoms in total. The molecule has 0 heterocycles. The smallest absolute Gasteiger partial charge is 0.144 e. The van der Waals surface area contributed by atoms with Gasteiger partial charge in [-0.1, -0.05) is 0 Å². The minimum Gasteiger partial charge on any atom is -0.494 e. The van der Waals surface area contributed by atoms with Crippen molar-refractivity contribution in [3.8, 4) is 5.75 Å². The molecule has 0 bridgehead atoms. The molecule has 0 amide bonds. The van der Waals surface area contributed by atoms with E-state index in [1.54, 1.807) is 6.92 Å². The van der Waals surface area contributed by atoms with Gasteiger partial charge in [-0.3, -0.25) is 0 Å². The standard InChI is InChI=1S/C16H16F3NO/c1-9-6-14(19)12(8-13(9)18)10(2)20-15-5-4-11(17)7-16(15)21-3/h4-8,10,20H,1-3H3. The highest BCUT2D eigenvalue weighted by molar-refractivity contribution is 5.57. The molecule has 2 rings (SSSR count). The molecule has 0 spiro atoms. The number of rotatable bonds is 4. The van der Waals surface area contributed by atoms with Crippen molar-refractivity contribution in [3.05, 3.63) is 58.9 Å². The summed E-state index contributed by atoms with van der Waals surface area (Å²) in [6.07, 6.45) is 0. The molecular formula is C16H16F3NO. The average Bonchev–Trinajstić information content (AvgIpc) is 2.44. The van der Waals surface area contributed by atoms with E-state index in [4.69, 9.17) is 4.74 Å². The lowest BCUT2D eigenvalue weighted by molar-refractivity contribution is 0.412. The second-order valence-corrected chi connectivity index (χ2v) is 4.83. The van der Waals surface area contributed by atoms with Gasteiger partial charge in [-0.25, -0.2) is 13.2 Å². The first kappa shape index (κ1) is 15.2. The van der Waals surface area contributed by atoms with E-state index >= 15 is 0 Å². The highest BCUT2D eigenvalue weighted by Gasteiger charge is 2.15. The maximum Gasteiger partial charge on any atom is 0.144 e. The minimum absolute atomic E-state index is 0.199. The Morgan fingerprint density at radius 1 is 1.05 bits per heavy atom. The van der Waals surface area contributed by atoms with Crippen LogP contribution in [0.25, 0.3) is 0 Å². The summed E-state index contributed by atoms with van der Waals surface area (Å²) in [7, 11) is 1.41. The van der Waals surface area contributed by atoms with Gasteiger partial charge in [0.2, 0.25) is 0 Å². The molecule has 2 aromatic rings. The van der Waals surface area contributed by atoms with E-state index in [1.165, 1.54) is 38.3 Å². The van der Waals surface area contributed by atoms with Crippen LogP contribution in [0.3, 0.4) is 0 Å². The maximum atomic E-state index is 13.9. The van der Waals surface area contributed by atoms with E-state index < -0.39 is 23.5 Å². The summed E-state index contributed by atoms with van der Waals surface area (Å²) >= 11 is 0. The van der Waals surface area contributed by atoms with Crippen molar-refractivity contribution in [3.63, 3.8) is 0 Å². The first-order valence-electron chi connectivity index (χ1n) is 6.48. The van der Waals surface area contributed by atoms with Crippen LogP contribution in [-0.4, -0.2) is 7.11 Å². The average molecular weight is 295 g/mol. The summed E-state index contributed by atoms with van der Waals surface area (Å²) in [6, 6.07) is 5.81. The Bertz CT molecular complexity index is 658. The Labute approximate surface area is 121 Å². The Morgan fingerprint density at radius 2 is 1.76 bits per heavy atom. The van der Waals surface area contributed by atoms with Gasteiger partial charge in [-0.15, -0.1) is 0 Å². The zero-order valence-electron chi connectivity index (χ0n) is 12.0. The van der Waals surface area contributed by atoms with Gasteiger partial charge in [0.05, 0.1) is 18.8 Å². The molecule has 0 radical (unpaired) electrons. The van der Waals surface area contributed by atoms with Crippen LogP contribution in [0.5, 0.6) is 5.75 Å². The molecular weight excluding hydrogens is 279 g/mol. The SMILES string of the molecule is COc1cc(F)ccc1NC(C)c1cc(F)c(C)cc1F. The lowest BCUT2D eigenvalue weighted by Crippen LogP contribution is -2.10. The van der Waals surface area contributed by atoms with E-state index in [2.05, 4.69) is 5.32 Å². The summed E-state index contributed by atoms with van der Waals surface area (Å²) < 4.78 is 45.7. The topological polar surface area (TPSA) is 21.3 Å². The summed E-state index contributed by atoms with van der Waals surface area (Å²) in [4.78, 5) is 0. The Morgan fingerprint density at radius 3 is 2.43 bits per heavy atom. The Kier molecular flexibility index (Phi) is 4.40. The lowest BCUT2D eigenvalue weighted by Gasteiger charge is -2.19. The van der Waals surface area contributed by atoms with Crippen LogP contribution in [-0.2, 0) is 0 Å². The number of methoxy groups -OCH3 is 1. The fourth-order valence-corrected chi connectivity index (χ4v) is 2.09. The Hall–Kier alpha value is -2.17. The highest BCUT2D eigenvalue weighted by atomic mass is 19.1. The summed E-state index contributed by atoms with van der Waals surface area (Å²) in [6.45, 7) is 3.19. The molecule has 0 saturated carbocycles. The van der Waals surface area contributed by atoms with Crippen molar-refractivity contribution in [2.24, 2.45) is 0 Å². The monoisotopic (exact) mass is 295 g/mol. The predicted molar refractivity (Wildman–Crippen MR) is 76.1 cm³/mol. The van der Waals surface area contributed by atoms with Crippen LogP contribution >= 0.6 is 0 Å². The normalized spacial score (nSPS) is 12.1. The third-order valence-corrected chi connectivity index (χ3v) is 3.28. The first-order valence-corrected chi connectivity index (χ1v) is 6.48. The zero-order chi connectivity index (χ0) is 15.6. The number of halogens is 3. The van der Waals surface area contributed by atoms with Gasteiger partial charge in [0.15, 0.2) is 0 Å². The van der Waals surface area contributed by atoms with Gasteiger partial charge in [0.1, 0.15) is 23.2 Å². The number of hydrogen-bond donors (Lipinski definition) is 1. The first-order chi connectivity index (χ1) is 9.92. The van der Waals surface area contributed by atoms with Crippen LogP contribution in [0.2, 0.25) is 0 Å². The van der Waals surface area contributed by atoms with Gasteiger partial charge < -0.3 is 10.1 Å². The summed E-state index contributed by atoms with van der Waals surface area (Å²) in [5.74, 6) is -1.09. The van der Waals surface area contributed by atoms with Gasteiger partial charge in [-0.05, 0) is 43.7 Å². The second kappa shape index (κ2) is 6.08. The van der Waals surface area contributed by atoms with Crippen molar-refractivity contribution in [2.45, 2.75) is 19.9 Å². The van der Waals surface area contributed by atoms with Crippen LogP contribution in [0.1, 0.15) is 24.1 Å². The summed E-state index contributed by atoms with van der Waals surface area (Å²) in [5.41, 5.74) is 0.957. The lowest BCUT2D eigenvalue weighted by atomic mass is 10.0. The van der Waals surface area contributed by atoms with Crippen LogP contribution in [0, 0.1) is 24.4 Å². The van der Waals surface area contributed by atoms with E-state index in [-0.39, 0.29) is 11.1 Å². The van der Waals surface area contributed by atoms with Crippen LogP contribution < -0.4 is 10.1 Å². The molecule has 0 aromatic heterocycles. The largest absolute Gasteiger partial charge is 0.494 e. The highest BCUT2D eigenvalue weighted by Crippen LogP contribution is 2.30. The molecule has 0 aliphatic heterocycles. The van der Waals surface area contributed by atoms with Crippen LogP contribution in [0.4, 0.5) is 18.9 Å². The van der Waals surface area contributed by atoms with Crippen molar-refractivity contribution in [2.75, 3.05) is 12.4 Å². The fraction of sp³-hybridized carbons (Fsp3) is 0.250. The van der Waals surface area contributed by atoms with Crippen molar-refractivity contribution in [1.29, 1.82) is 0 Å². The van der Waals surface area contributed by atoms with Crippen molar-refractivity contribution >= 4 is 5.69 Å². The molecule has 0 fully saturated rings. The number of nitrogens with one attached hydrogen (secondary N) is 1. The number of anilines is 1. The second-order valence-electron chi connectivity index (χ2n) is 4.83. The number of ether oxygens (including phenoxy) is 1. The fourth-order valence-electron chi connectivity index (χ4n) is 2.09. The number of hydrogen-bond acceptors (Lipinski definition) is 2. The minimum atomic E-state index is -0.500. The molecule has 1 unspecified atom stereocenters. The molecule has 21 heavy (non-hydrogen) atoms. The number of benzene rings is 2. The molecule has 1 atom stereocenters. The van der Waals surface area contributed by atoms with E-state index in [0.29, 0.717) is 11.4 Å². The molecule has 2 aromatic carbocycles. The quantitative estimate of drug-likeness (QED) is 0.890. The van der Waals surface area contributed by atoms with E-state index in [0.717, 1.165) is 6.07 Å². The van der Waals surface area contributed by atoms with E-state index in [9.17, 15) is 13.2 Å². The molecule has 5 heteroatoms. The van der Waals surface area contributed by atoms with E-state index in [1.807, 2.05) is 0 Å². The van der Waals surface area contributed by atoms with Gasteiger partial charge in [0, 0.05) is 11.6 Å². The van der Waals surface area contributed by atoms with Crippen LogP contribution in [0.15, 0.2) is 30.3 Å². The molecule has 0 aliphatic carbocycles. The summed E-state index contributed by atoms with van der Waals surface area (Å²) in [5, 5.41) is 2.99.